The molecule has 0 radical (unpaired) electrons. The molecule has 5 rings (SSSR count). The van der Waals surface area contributed by atoms with Gasteiger partial charge in [0.15, 0.2) is 0 Å². The minimum absolute atomic E-state index is 0.0546. The van der Waals surface area contributed by atoms with Crippen LogP contribution in [-0.4, -0.2) is 39.9 Å². The maximum absolute atomic E-state index is 12.8. The lowest BCUT2D eigenvalue weighted by Gasteiger charge is -2.13. The molecule has 1 saturated heterocycles. The molecule has 1 aliphatic heterocycles. The third-order valence-corrected chi connectivity index (χ3v) is 6.09. The van der Waals surface area contributed by atoms with Crippen molar-refractivity contribution in [2.75, 3.05) is 18.4 Å². The molecule has 140 valence electrons. The highest BCUT2D eigenvalue weighted by molar-refractivity contribution is 7.21. The molecule has 7 heteroatoms. The van der Waals surface area contributed by atoms with Crippen molar-refractivity contribution >= 4 is 49.9 Å². The van der Waals surface area contributed by atoms with Crippen molar-refractivity contribution in [2.24, 2.45) is 5.73 Å². The Kier molecular flexibility index (Phi) is 4.18. The molecule has 1 fully saturated rings. The molecule has 6 nitrogen and oxygen atoms in total. The Bertz CT molecular complexity index is 1170. The lowest BCUT2D eigenvalue weighted by atomic mass is 10.2. The van der Waals surface area contributed by atoms with E-state index >= 15 is 0 Å². The zero-order valence-corrected chi connectivity index (χ0v) is 15.9. The number of anilines is 2. The van der Waals surface area contributed by atoms with E-state index in [2.05, 4.69) is 10.3 Å². The van der Waals surface area contributed by atoms with Crippen LogP contribution in [0.25, 0.3) is 21.0 Å². The molecule has 4 aromatic rings. The van der Waals surface area contributed by atoms with Crippen molar-refractivity contribution in [3.05, 3.63) is 59.6 Å². The molecule has 3 heterocycles. The standard InChI is InChI=1S/C21H19N5OS/c22-14-8-9-26(12-14)20(27)18-10-16-17(28-18)7-6-13-11-23-21(25-19(13)16)24-15-4-2-1-3-5-15/h1-7,10-11,14H,8-9,12,22H2,(H,23,24,25). The summed E-state index contributed by atoms with van der Waals surface area (Å²) in [5, 5.41) is 5.16. The van der Waals surface area contributed by atoms with Gasteiger partial charge in [-0.3, -0.25) is 4.79 Å². The zero-order chi connectivity index (χ0) is 19.1. The summed E-state index contributed by atoms with van der Waals surface area (Å²) in [7, 11) is 0. The molecule has 3 N–H and O–H groups in total. The Morgan fingerprint density at radius 1 is 1.21 bits per heavy atom. The van der Waals surface area contributed by atoms with E-state index in [1.165, 1.54) is 11.3 Å². The minimum atomic E-state index is 0.0546. The number of rotatable bonds is 3. The summed E-state index contributed by atoms with van der Waals surface area (Å²) in [4.78, 5) is 24.5. The van der Waals surface area contributed by atoms with E-state index in [1.54, 1.807) is 0 Å². The molecule has 0 spiro atoms. The first-order chi connectivity index (χ1) is 13.7. The number of thiophene rings is 1. The van der Waals surface area contributed by atoms with Crippen LogP contribution in [0.3, 0.4) is 0 Å². The number of carbonyl (C=O) groups is 1. The fourth-order valence-electron chi connectivity index (χ4n) is 3.55. The maximum Gasteiger partial charge on any atom is 0.264 e. The van der Waals surface area contributed by atoms with Crippen molar-refractivity contribution in [3.8, 4) is 0 Å². The number of likely N-dealkylation sites (tertiary alicyclic amines) is 1. The Hall–Kier alpha value is -3.03. The number of fused-ring (bicyclic) bond motifs is 3. The SMILES string of the molecule is NC1CCN(C(=O)c2cc3c(ccc4cnc(Nc5ccccc5)nc43)s2)C1. The molecule has 0 bridgehead atoms. The summed E-state index contributed by atoms with van der Waals surface area (Å²) in [6.45, 7) is 1.35. The van der Waals surface area contributed by atoms with Crippen molar-refractivity contribution < 1.29 is 4.79 Å². The van der Waals surface area contributed by atoms with Gasteiger partial charge in [-0.1, -0.05) is 18.2 Å². The van der Waals surface area contributed by atoms with Gasteiger partial charge in [-0.25, -0.2) is 9.97 Å². The van der Waals surface area contributed by atoms with Crippen molar-refractivity contribution in [1.29, 1.82) is 0 Å². The minimum Gasteiger partial charge on any atom is -0.336 e. The third kappa shape index (κ3) is 3.08. The van der Waals surface area contributed by atoms with Gasteiger partial charge in [0.05, 0.1) is 10.4 Å². The molecule has 1 unspecified atom stereocenters. The second kappa shape index (κ2) is 6.85. The molecular formula is C21H19N5OS. The first kappa shape index (κ1) is 17.1. The number of carbonyl (C=O) groups excluding carboxylic acids is 1. The Morgan fingerprint density at radius 3 is 2.86 bits per heavy atom. The van der Waals surface area contributed by atoms with Gasteiger partial charge in [-0.2, -0.15) is 0 Å². The number of nitrogens with zero attached hydrogens (tertiary/aromatic N) is 3. The largest absolute Gasteiger partial charge is 0.336 e. The van der Waals surface area contributed by atoms with Crippen molar-refractivity contribution in [3.63, 3.8) is 0 Å². The van der Waals surface area contributed by atoms with Crippen LogP contribution in [0, 0.1) is 0 Å². The Balaban J connectivity index is 1.53. The third-order valence-electron chi connectivity index (χ3n) is 5.00. The number of para-hydroxylation sites is 1. The Morgan fingerprint density at radius 2 is 2.07 bits per heavy atom. The van der Waals surface area contributed by atoms with E-state index in [0.717, 1.165) is 44.5 Å². The van der Waals surface area contributed by atoms with Crippen molar-refractivity contribution in [1.82, 2.24) is 14.9 Å². The van der Waals surface area contributed by atoms with Crippen LogP contribution in [0.2, 0.25) is 0 Å². The van der Waals surface area contributed by atoms with E-state index < -0.39 is 0 Å². The van der Waals surface area contributed by atoms with Crippen LogP contribution >= 0.6 is 11.3 Å². The summed E-state index contributed by atoms with van der Waals surface area (Å²) in [6, 6.07) is 15.9. The zero-order valence-electron chi connectivity index (χ0n) is 15.1. The molecule has 0 aliphatic carbocycles. The van der Waals surface area contributed by atoms with Gasteiger partial charge in [0.25, 0.3) is 5.91 Å². The lowest BCUT2D eigenvalue weighted by molar-refractivity contribution is 0.0795. The summed E-state index contributed by atoms with van der Waals surface area (Å²) >= 11 is 1.51. The van der Waals surface area contributed by atoms with Crippen LogP contribution in [0.5, 0.6) is 0 Å². The Labute approximate surface area is 166 Å². The lowest BCUT2D eigenvalue weighted by Crippen LogP contribution is -2.31. The predicted octanol–water partition coefficient (Wildman–Crippen LogP) is 3.76. The number of benzene rings is 2. The fraction of sp³-hybridized carbons (Fsp3) is 0.190. The van der Waals surface area contributed by atoms with Crippen LogP contribution in [0.4, 0.5) is 11.6 Å². The number of nitrogens with one attached hydrogen (secondary N) is 1. The number of hydrogen-bond donors (Lipinski definition) is 2. The molecule has 1 aliphatic rings. The first-order valence-electron chi connectivity index (χ1n) is 9.23. The van der Waals surface area contributed by atoms with E-state index in [4.69, 9.17) is 10.7 Å². The normalized spacial score (nSPS) is 16.8. The maximum atomic E-state index is 12.8. The van der Waals surface area contributed by atoms with Gasteiger partial charge in [0.2, 0.25) is 5.95 Å². The predicted molar refractivity (Wildman–Crippen MR) is 113 cm³/mol. The molecule has 2 aromatic heterocycles. The van der Waals surface area contributed by atoms with Gasteiger partial charge < -0.3 is 16.0 Å². The highest BCUT2D eigenvalue weighted by Gasteiger charge is 2.26. The monoisotopic (exact) mass is 389 g/mol. The average Bonchev–Trinajstić information content (AvgIpc) is 3.35. The number of aromatic nitrogens is 2. The number of amides is 1. The summed E-state index contributed by atoms with van der Waals surface area (Å²) in [5.41, 5.74) is 7.73. The van der Waals surface area contributed by atoms with Gasteiger partial charge >= 0.3 is 0 Å². The topological polar surface area (TPSA) is 84.1 Å². The number of hydrogen-bond acceptors (Lipinski definition) is 6. The van der Waals surface area contributed by atoms with E-state index in [9.17, 15) is 4.79 Å². The molecule has 28 heavy (non-hydrogen) atoms. The molecule has 1 atom stereocenters. The van der Waals surface area contributed by atoms with E-state index in [-0.39, 0.29) is 11.9 Å². The summed E-state index contributed by atoms with van der Waals surface area (Å²) in [5.74, 6) is 0.592. The fourth-order valence-corrected chi connectivity index (χ4v) is 4.58. The number of nitrogens with two attached hydrogens (primary N) is 1. The smallest absolute Gasteiger partial charge is 0.264 e. The van der Waals surface area contributed by atoms with Crippen LogP contribution in [0.15, 0.2) is 54.7 Å². The van der Waals surface area contributed by atoms with Crippen LogP contribution in [-0.2, 0) is 0 Å². The molecule has 2 aromatic carbocycles. The first-order valence-corrected chi connectivity index (χ1v) is 10.1. The highest BCUT2D eigenvalue weighted by atomic mass is 32.1. The summed E-state index contributed by atoms with van der Waals surface area (Å²) < 4.78 is 1.05. The quantitative estimate of drug-likeness (QED) is 0.557. The molecular weight excluding hydrogens is 370 g/mol. The van der Waals surface area contributed by atoms with Gasteiger partial charge in [0, 0.05) is 46.5 Å². The highest BCUT2D eigenvalue weighted by Crippen LogP contribution is 2.32. The average molecular weight is 389 g/mol. The van der Waals surface area contributed by atoms with Crippen LogP contribution < -0.4 is 11.1 Å². The van der Waals surface area contributed by atoms with Crippen LogP contribution in [0.1, 0.15) is 16.1 Å². The van der Waals surface area contributed by atoms with Crippen molar-refractivity contribution in [2.45, 2.75) is 12.5 Å². The second-order valence-electron chi connectivity index (χ2n) is 7.01. The van der Waals surface area contributed by atoms with Gasteiger partial charge in [-0.15, -0.1) is 11.3 Å². The molecule has 1 amide bonds. The van der Waals surface area contributed by atoms with E-state index in [0.29, 0.717) is 12.5 Å². The molecule has 0 saturated carbocycles. The summed E-state index contributed by atoms with van der Waals surface area (Å²) in [6.07, 6.45) is 2.67. The van der Waals surface area contributed by atoms with E-state index in [1.807, 2.05) is 59.6 Å². The second-order valence-corrected chi connectivity index (χ2v) is 8.09. The van der Waals surface area contributed by atoms with Gasteiger partial charge in [0.1, 0.15) is 0 Å². The van der Waals surface area contributed by atoms with Gasteiger partial charge in [-0.05, 0) is 36.8 Å².